The Labute approximate surface area is 143 Å². The van der Waals surface area contributed by atoms with Gasteiger partial charge in [-0.25, -0.2) is 13.1 Å². The van der Waals surface area contributed by atoms with Crippen molar-refractivity contribution in [2.45, 2.75) is 12.8 Å². The monoisotopic (exact) mass is 348 g/mol. The first-order chi connectivity index (χ1) is 11.4. The zero-order chi connectivity index (χ0) is 17.2. The second-order valence-electron chi connectivity index (χ2n) is 6.54. The third-order valence-corrected chi connectivity index (χ3v) is 5.59. The molecule has 130 valence electrons. The second kappa shape index (κ2) is 6.94. The highest BCUT2D eigenvalue weighted by molar-refractivity contribution is 7.92. The van der Waals surface area contributed by atoms with E-state index in [1.54, 1.807) is 10.9 Å². The summed E-state index contributed by atoms with van der Waals surface area (Å²) in [5.74, 6) is 0.354. The molecule has 0 N–H and O–H groups in total. The quantitative estimate of drug-likeness (QED) is 0.829. The van der Waals surface area contributed by atoms with Crippen LogP contribution in [0.25, 0.3) is 5.69 Å². The first-order valence-corrected chi connectivity index (χ1v) is 10.0. The molecule has 1 atom stereocenters. The van der Waals surface area contributed by atoms with Crippen molar-refractivity contribution in [2.24, 2.45) is 5.92 Å². The van der Waals surface area contributed by atoms with Crippen LogP contribution in [0.5, 0.6) is 0 Å². The van der Waals surface area contributed by atoms with Crippen LogP contribution in [0.4, 0.5) is 5.69 Å². The fourth-order valence-corrected chi connectivity index (χ4v) is 4.28. The van der Waals surface area contributed by atoms with Crippen LogP contribution in [-0.4, -0.2) is 56.0 Å². The first kappa shape index (κ1) is 17.0. The summed E-state index contributed by atoms with van der Waals surface area (Å²) in [7, 11) is -1.24. The van der Waals surface area contributed by atoms with Gasteiger partial charge in [-0.1, -0.05) is 6.07 Å². The Bertz CT molecular complexity index is 774. The van der Waals surface area contributed by atoms with Gasteiger partial charge in [-0.15, -0.1) is 0 Å². The molecule has 1 unspecified atom stereocenters. The topological polar surface area (TPSA) is 58.4 Å². The SMILES string of the molecule is CN1CCCC(CN(c2cccc(-n3cccn3)c2)S(C)(=O)=O)C1. The van der Waals surface area contributed by atoms with Crippen LogP contribution in [0.2, 0.25) is 0 Å². The average molecular weight is 348 g/mol. The van der Waals surface area contributed by atoms with Crippen molar-refractivity contribution >= 4 is 15.7 Å². The number of aromatic nitrogens is 2. The lowest BCUT2D eigenvalue weighted by molar-refractivity contribution is 0.215. The fourth-order valence-electron chi connectivity index (χ4n) is 3.30. The standard InChI is InChI=1S/C17H24N4O2S/c1-19-10-4-6-15(13-19)14-21(24(2,22)23)17-8-3-7-16(12-17)20-11-5-9-18-20/h3,5,7-9,11-12,15H,4,6,10,13-14H2,1-2H3. The first-order valence-electron chi connectivity index (χ1n) is 8.20. The van der Waals surface area contributed by atoms with Gasteiger partial charge in [-0.2, -0.15) is 5.10 Å². The fraction of sp³-hybridized carbons (Fsp3) is 0.471. The zero-order valence-corrected chi connectivity index (χ0v) is 15.0. The highest BCUT2D eigenvalue weighted by Gasteiger charge is 2.25. The second-order valence-corrected chi connectivity index (χ2v) is 8.44. The van der Waals surface area contributed by atoms with E-state index in [-0.39, 0.29) is 0 Å². The van der Waals surface area contributed by atoms with Crippen molar-refractivity contribution in [2.75, 3.05) is 37.2 Å². The van der Waals surface area contributed by atoms with Gasteiger partial charge in [0, 0.05) is 25.5 Å². The molecule has 0 radical (unpaired) electrons. The van der Waals surface area contributed by atoms with Crippen molar-refractivity contribution in [3.63, 3.8) is 0 Å². The highest BCUT2D eigenvalue weighted by atomic mass is 32.2. The Morgan fingerprint density at radius 3 is 2.83 bits per heavy atom. The summed E-state index contributed by atoms with van der Waals surface area (Å²) >= 11 is 0. The van der Waals surface area contributed by atoms with Crippen LogP contribution in [-0.2, 0) is 10.0 Å². The maximum absolute atomic E-state index is 12.4. The number of benzene rings is 1. The number of sulfonamides is 1. The van der Waals surface area contributed by atoms with Crippen molar-refractivity contribution in [3.05, 3.63) is 42.7 Å². The van der Waals surface area contributed by atoms with Crippen LogP contribution >= 0.6 is 0 Å². The predicted molar refractivity (Wildman–Crippen MR) is 96.0 cm³/mol. The number of anilines is 1. The average Bonchev–Trinajstić information content (AvgIpc) is 3.06. The van der Waals surface area contributed by atoms with Crippen molar-refractivity contribution in [1.29, 1.82) is 0 Å². The smallest absolute Gasteiger partial charge is 0.232 e. The van der Waals surface area contributed by atoms with Gasteiger partial charge in [0.25, 0.3) is 0 Å². The molecule has 1 saturated heterocycles. The van der Waals surface area contributed by atoms with Gasteiger partial charge < -0.3 is 4.90 Å². The Balaban J connectivity index is 1.88. The molecule has 0 spiro atoms. The molecule has 1 aromatic carbocycles. The summed E-state index contributed by atoms with van der Waals surface area (Å²) in [6.07, 6.45) is 7.01. The molecule has 0 aliphatic carbocycles. The van der Waals surface area contributed by atoms with E-state index in [2.05, 4.69) is 17.0 Å². The number of hydrogen-bond donors (Lipinski definition) is 0. The number of hydrogen-bond acceptors (Lipinski definition) is 4. The van der Waals surface area contributed by atoms with E-state index in [0.29, 0.717) is 18.2 Å². The largest absolute Gasteiger partial charge is 0.306 e. The molecule has 1 fully saturated rings. The molecule has 0 bridgehead atoms. The summed E-state index contributed by atoms with van der Waals surface area (Å²) in [5, 5.41) is 4.22. The Hall–Kier alpha value is -1.86. The van der Waals surface area contributed by atoms with Gasteiger partial charge in [-0.3, -0.25) is 4.31 Å². The summed E-state index contributed by atoms with van der Waals surface area (Å²) in [5.41, 5.74) is 1.55. The minimum absolute atomic E-state index is 0.354. The maximum Gasteiger partial charge on any atom is 0.232 e. The lowest BCUT2D eigenvalue weighted by atomic mass is 9.98. The van der Waals surface area contributed by atoms with Gasteiger partial charge in [0.15, 0.2) is 0 Å². The van der Waals surface area contributed by atoms with E-state index in [1.165, 1.54) is 10.6 Å². The summed E-state index contributed by atoms with van der Waals surface area (Å²) < 4.78 is 28.0. The lowest BCUT2D eigenvalue weighted by Crippen LogP contribution is -2.41. The number of nitrogens with zero attached hydrogens (tertiary/aromatic N) is 4. The van der Waals surface area contributed by atoms with Crippen LogP contribution in [0.3, 0.4) is 0 Å². The predicted octanol–water partition coefficient (Wildman–Crippen LogP) is 1.98. The number of piperidine rings is 1. The van der Waals surface area contributed by atoms with E-state index in [4.69, 9.17) is 0 Å². The van der Waals surface area contributed by atoms with Crippen molar-refractivity contribution in [1.82, 2.24) is 14.7 Å². The van der Waals surface area contributed by atoms with Crippen molar-refractivity contribution in [3.8, 4) is 5.69 Å². The Morgan fingerprint density at radius 1 is 1.33 bits per heavy atom. The molecule has 2 aromatic rings. The Kier molecular flexibility index (Phi) is 4.91. The van der Waals surface area contributed by atoms with Gasteiger partial charge in [0.1, 0.15) is 0 Å². The molecule has 1 aliphatic heterocycles. The zero-order valence-electron chi connectivity index (χ0n) is 14.2. The van der Waals surface area contributed by atoms with Gasteiger partial charge in [0.05, 0.1) is 17.6 Å². The number of likely N-dealkylation sites (tertiary alicyclic amines) is 1. The van der Waals surface area contributed by atoms with Gasteiger partial charge >= 0.3 is 0 Å². The maximum atomic E-state index is 12.4. The molecule has 0 amide bonds. The molecule has 3 rings (SSSR count). The normalized spacial score (nSPS) is 19.3. The summed E-state index contributed by atoms with van der Waals surface area (Å²) in [6, 6.07) is 9.36. The summed E-state index contributed by atoms with van der Waals surface area (Å²) in [4.78, 5) is 2.27. The molecule has 2 heterocycles. The molecule has 1 aromatic heterocycles. The van der Waals surface area contributed by atoms with Crippen LogP contribution < -0.4 is 4.31 Å². The molecule has 6 nitrogen and oxygen atoms in total. The van der Waals surface area contributed by atoms with E-state index < -0.39 is 10.0 Å². The molecule has 0 saturated carbocycles. The minimum Gasteiger partial charge on any atom is -0.306 e. The molecule has 7 heteroatoms. The molecule has 1 aliphatic rings. The van der Waals surface area contributed by atoms with Crippen LogP contribution in [0.15, 0.2) is 42.7 Å². The highest BCUT2D eigenvalue weighted by Crippen LogP contribution is 2.25. The minimum atomic E-state index is -3.34. The van der Waals surface area contributed by atoms with Crippen molar-refractivity contribution < 1.29 is 8.42 Å². The van der Waals surface area contributed by atoms with E-state index in [1.807, 2.05) is 36.5 Å². The van der Waals surface area contributed by atoms with E-state index >= 15 is 0 Å². The van der Waals surface area contributed by atoms with Gasteiger partial charge in [0.2, 0.25) is 10.0 Å². The number of rotatable bonds is 5. The third kappa shape index (κ3) is 3.96. The molecular weight excluding hydrogens is 324 g/mol. The van der Waals surface area contributed by atoms with Crippen LogP contribution in [0.1, 0.15) is 12.8 Å². The van der Waals surface area contributed by atoms with Gasteiger partial charge in [-0.05, 0) is 56.6 Å². The molecule has 24 heavy (non-hydrogen) atoms. The van der Waals surface area contributed by atoms with E-state index in [0.717, 1.165) is 31.6 Å². The van der Waals surface area contributed by atoms with Crippen LogP contribution in [0, 0.1) is 5.92 Å². The Morgan fingerprint density at radius 2 is 2.17 bits per heavy atom. The van der Waals surface area contributed by atoms with E-state index in [9.17, 15) is 8.42 Å². The lowest BCUT2D eigenvalue weighted by Gasteiger charge is -2.33. The molecular formula is C17H24N4O2S. The summed E-state index contributed by atoms with van der Waals surface area (Å²) in [6.45, 7) is 2.54. The third-order valence-electron chi connectivity index (χ3n) is 4.43.